The van der Waals surface area contributed by atoms with E-state index in [1.807, 2.05) is 48.5 Å². The predicted molar refractivity (Wildman–Crippen MR) is 117 cm³/mol. The van der Waals surface area contributed by atoms with E-state index in [0.717, 1.165) is 30.0 Å². The number of carboxylic acid groups (broad SMARTS) is 2. The van der Waals surface area contributed by atoms with Gasteiger partial charge in [0.15, 0.2) is 0 Å². The third kappa shape index (κ3) is 8.63. The first kappa shape index (κ1) is 24.1. The summed E-state index contributed by atoms with van der Waals surface area (Å²) >= 11 is 5.87. The fourth-order valence-electron chi connectivity index (χ4n) is 2.78. The van der Waals surface area contributed by atoms with Crippen molar-refractivity contribution in [1.82, 2.24) is 5.32 Å². The number of morpholine rings is 1. The van der Waals surface area contributed by atoms with Crippen molar-refractivity contribution in [1.29, 1.82) is 0 Å². The summed E-state index contributed by atoms with van der Waals surface area (Å²) in [5, 5.41) is 21.6. The maximum absolute atomic E-state index is 12.3. The van der Waals surface area contributed by atoms with Crippen LogP contribution in [-0.4, -0.2) is 60.9 Å². The van der Waals surface area contributed by atoms with Gasteiger partial charge in [0.1, 0.15) is 0 Å². The average molecular weight is 450 g/mol. The van der Waals surface area contributed by atoms with Gasteiger partial charge in [0.25, 0.3) is 0 Å². The Morgan fingerprint density at radius 3 is 2.19 bits per heavy atom. The van der Waals surface area contributed by atoms with E-state index < -0.39 is 11.9 Å². The number of hydrogen-bond acceptors (Lipinski definition) is 6. The summed E-state index contributed by atoms with van der Waals surface area (Å²) < 4.78 is 5.40. The van der Waals surface area contributed by atoms with Gasteiger partial charge in [-0.15, -0.1) is 0 Å². The van der Waals surface area contributed by atoms with Gasteiger partial charge in [0.2, 0.25) is 5.91 Å². The Hall–Kier alpha value is -3.14. The van der Waals surface area contributed by atoms with Crippen LogP contribution >= 0.6 is 11.6 Å². The maximum atomic E-state index is 12.3. The van der Waals surface area contributed by atoms with Crippen LogP contribution in [0.4, 0.5) is 11.4 Å². The summed E-state index contributed by atoms with van der Waals surface area (Å²) in [6, 6.07) is 15.5. The molecule has 9 nitrogen and oxygen atoms in total. The van der Waals surface area contributed by atoms with Gasteiger partial charge in [-0.3, -0.25) is 4.79 Å². The molecule has 1 amide bonds. The second-order valence-corrected chi connectivity index (χ2v) is 6.94. The van der Waals surface area contributed by atoms with E-state index in [9.17, 15) is 4.79 Å². The van der Waals surface area contributed by atoms with Crippen molar-refractivity contribution < 1.29 is 29.3 Å². The zero-order chi connectivity index (χ0) is 22.6. The number of benzene rings is 2. The Morgan fingerprint density at radius 2 is 1.58 bits per heavy atom. The number of para-hydroxylation sites is 2. The number of nitrogens with one attached hydrogen (secondary N) is 2. The van der Waals surface area contributed by atoms with Crippen LogP contribution in [0.25, 0.3) is 0 Å². The topological polar surface area (TPSA) is 128 Å². The normalized spacial score (nSPS) is 13.0. The van der Waals surface area contributed by atoms with Gasteiger partial charge in [-0.25, -0.2) is 9.59 Å². The number of amides is 1. The Balaban J connectivity index is 0.000000501. The van der Waals surface area contributed by atoms with Crippen molar-refractivity contribution in [2.45, 2.75) is 6.54 Å². The molecule has 0 atom stereocenters. The summed E-state index contributed by atoms with van der Waals surface area (Å²) in [6.07, 6.45) is 0. The molecule has 0 aromatic heterocycles. The van der Waals surface area contributed by atoms with Gasteiger partial charge in [-0.2, -0.15) is 0 Å². The van der Waals surface area contributed by atoms with Crippen molar-refractivity contribution in [3.63, 3.8) is 0 Å². The molecule has 1 saturated heterocycles. The first-order valence-electron chi connectivity index (χ1n) is 9.49. The van der Waals surface area contributed by atoms with E-state index in [1.54, 1.807) is 0 Å². The molecule has 1 heterocycles. The number of anilines is 2. The van der Waals surface area contributed by atoms with Crippen molar-refractivity contribution in [3.8, 4) is 0 Å². The first-order chi connectivity index (χ1) is 14.9. The van der Waals surface area contributed by atoms with Crippen LogP contribution in [-0.2, 0) is 25.7 Å². The minimum Gasteiger partial charge on any atom is -0.473 e. The molecule has 1 aliphatic rings. The molecule has 0 unspecified atom stereocenters. The average Bonchev–Trinajstić information content (AvgIpc) is 2.76. The molecule has 2 aromatic rings. The molecule has 10 heteroatoms. The van der Waals surface area contributed by atoms with Crippen LogP contribution in [0.5, 0.6) is 0 Å². The van der Waals surface area contributed by atoms with Gasteiger partial charge in [-0.05, 0) is 29.8 Å². The number of nitrogens with zero attached hydrogens (tertiary/aromatic N) is 1. The molecular formula is C21H24ClN3O6. The second kappa shape index (κ2) is 12.5. The van der Waals surface area contributed by atoms with E-state index in [0.29, 0.717) is 24.8 Å². The molecule has 31 heavy (non-hydrogen) atoms. The molecule has 2 aromatic carbocycles. The molecule has 0 spiro atoms. The third-order valence-electron chi connectivity index (χ3n) is 4.24. The maximum Gasteiger partial charge on any atom is 0.414 e. The van der Waals surface area contributed by atoms with Gasteiger partial charge in [0, 0.05) is 24.7 Å². The molecule has 1 fully saturated rings. The van der Waals surface area contributed by atoms with Gasteiger partial charge >= 0.3 is 11.9 Å². The number of aliphatic carboxylic acids is 2. The molecule has 1 aliphatic heterocycles. The van der Waals surface area contributed by atoms with Crippen LogP contribution in [0.15, 0.2) is 48.5 Å². The zero-order valence-corrected chi connectivity index (χ0v) is 17.5. The lowest BCUT2D eigenvalue weighted by Crippen LogP contribution is -2.37. The van der Waals surface area contributed by atoms with Crippen LogP contribution in [0, 0.1) is 0 Å². The van der Waals surface area contributed by atoms with Crippen LogP contribution in [0.2, 0.25) is 5.02 Å². The Labute approximate surface area is 184 Å². The smallest absolute Gasteiger partial charge is 0.414 e. The number of carbonyl (C=O) groups is 3. The fourth-order valence-corrected chi connectivity index (χ4v) is 2.90. The number of ether oxygens (including phenoxy) is 1. The Kier molecular flexibility index (Phi) is 9.76. The standard InChI is InChI=1S/C19H22ClN3O2.C2H2O4/c20-16-7-5-15(6-8-16)13-21-14-19(24)22-17-3-1-2-4-18(17)23-9-11-25-12-10-23;3-1(4)2(5)6/h1-8,21H,9-14H2,(H,22,24);(H,3,4)(H,5,6). The number of carboxylic acids is 2. The number of hydrogen-bond donors (Lipinski definition) is 4. The van der Waals surface area contributed by atoms with Crippen molar-refractivity contribution in [2.75, 3.05) is 43.1 Å². The van der Waals surface area contributed by atoms with Gasteiger partial charge < -0.3 is 30.5 Å². The molecular weight excluding hydrogens is 426 g/mol. The number of halogens is 1. The molecule has 3 rings (SSSR count). The summed E-state index contributed by atoms with van der Waals surface area (Å²) in [6.45, 7) is 3.97. The number of rotatable bonds is 6. The van der Waals surface area contributed by atoms with E-state index >= 15 is 0 Å². The van der Waals surface area contributed by atoms with Crippen LogP contribution in [0.3, 0.4) is 0 Å². The monoisotopic (exact) mass is 449 g/mol. The molecule has 4 N–H and O–H groups in total. The van der Waals surface area contributed by atoms with Crippen molar-refractivity contribution in [3.05, 3.63) is 59.1 Å². The van der Waals surface area contributed by atoms with E-state index in [1.165, 1.54) is 0 Å². The lowest BCUT2D eigenvalue weighted by Gasteiger charge is -2.30. The lowest BCUT2D eigenvalue weighted by molar-refractivity contribution is -0.159. The molecule has 0 saturated carbocycles. The zero-order valence-electron chi connectivity index (χ0n) is 16.7. The highest BCUT2D eigenvalue weighted by atomic mass is 35.5. The van der Waals surface area contributed by atoms with Crippen LogP contribution < -0.4 is 15.5 Å². The molecule has 0 radical (unpaired) electrons. The molecule has 0 bridgehead atoms. The first-order valence-corrected chi connectivity index (χ1v) is 9.87. The summed E-state index contributed by atoms with van der Waals surface area (Å²) in [7, 11) is 0. The summed E-state index contributed by atoms with van der Waals surface area (Å²) in [5.74, 6) is -3.71. The largest absolute Gasteiger partial charge is 0.473 e. The third-order valence-corrected chi connectivity index (χ3v) is 4.49. The minimum absolute atomic E-state index is 0.0605. The Bertz CT molecular complexity index is 873. The van der Waals surface area contributed by atoms with Crippen LogP contribution in [0.1, 0.15) is 5.56 Å². The molecule has 0 aliphatic carbocycles. The predicted octanol–water partition coefficient (Wildman–Crippen LogP) is 2.06. The van der Waals surface area contributed by atoms with E-state index in [-0.39, 0.29) is 12.5 Å². The lowest BCUT2D eigenvalue weighted by atomic mass is 10.2. The summed E-state index contributed by atoms with van der Waals surface area (Å²) in [4.78, 5) is 32.7. The van der Waals surface area contributed by atoms with E-state index in [4.69, 9.17) is 36.1 Å². The van der Waals surface area contributed by atoms with Crippen molar-refractivity contribution >= 4 is 40.8 Å². The second-order valence-electron chi connectivity index (χ2n) is 6.51. The number of carbonyl (C=O) groups excluding carboxylic acids is 1. The van der Waals surface area contributed by atoms with Gasteiger partial charge in [-0.1, -0.05) is 35.9 Å². The van der Waals surface area contributed by atoms with Gasteiger partial charge in [0.05, 0.1) is 31.1 Å². The summed E-state index contributed by atoms with van der Waals surface area (Å²) in [5.41, 5.74) is 2.96. The highest BCUT2D eigenvalue weighted by molar-refractivity contribution is 6.30. The SMILES string of the molecule is O=C(CNCc1ccc(Cl)cc1)Nc1ccccc1N1CCOCC1.O=C(O)C(=O)O. The quantitative estimate of drug-likeness (QED) is 0.493. The van der Waals surface area contributed by atoms with E-state index in [2.05, 4.69) is 15.5 Å². The minimum atomic E-state index is -1.82. The Morgan fingerprint density at radius 1 is 0.968 bits per heavy atom. The fraction of sp³-hybridized carbons (Fsp3) is 0.286. The highest BCUT2D eigenvalue weighted by Crippen LogP contribution is 2.26. The molecule has 166 valence electrons. The van der Waals surface area contributed by atoms with Crippen molar-refractivity contribution in [2.24, 2.45) is 0 Å². The highest BCUT2D eigenvalue weighted by Gasteiger charge is 2.15.